The lowest BCUT2D eigenvalue weighted by Gasteiger charge is -2.34. The monoisotopic (exact) mass is 516 g/mol. The fourth-order valence-electron chi connectivity index (χ4n) is 4.93. The molecule has 38 heavy (non-hydrogen) atoms. The molecule has 0 atom stereocenters. The fraction of sp³-hybridized carbons (Fsp3) is 0.433. The van der Waals surface area contributed by atoms with E-state index in [0.29, 0.717) is 18.8 Å². The number of rotatable bonds is 8. The van der Waals surface area contributed by atoms with Crippen molar-refractivity contribution in [3.05, 3.63) is 72.3 Å². The Morgan fingerprint density at radius 3 is 2.47 bits per heavy atom. The molecule has 2 aromatic heterocycles. The summed E-state index contributed by atoms with van der Waals surface area (Å²) in [6.07, 6.45) is 3.24. The summed E-state index contributed by atoms with van der Waals surface area (Å²) in [6.45, 7) is 17.5. The molecular formula is C30H40N6O2. The number of nitrogens with zero attached hydrogens (tertiary/aromatic N) is 6. The second-order valence-electron chi connectivity index (χ2n) is 11.4. The summed E-state index contributed by atoms with van der Waals surface area (Å²) in [7, 11) is 4.11. The quantitative estimate of drug-likeness (QED) is 0.414. The maximum Gasteiger partial charge on any atom is 0.276 e. The molecular weight excluding hydrogens is 476 g/mol. The lowest BCUT2D eigenvalue weighted by molar-refractivity contribution is 0.0618. The van der Waals surface area contributed by atoms with E-state index in [1.54, 1.807) is 12.3 Å². The molecule has 1 fully saturated rings. The number of hydrogen-bond acceptors (Lipinski definition) is 7. The maximum atomic E-state index is 12.6. The largest absolute Gasteiger partial charge is 0.371 e. The number of aryl methyl sites for hydroxylation is 1. The number of anilines is 2. The van der Waals surface area contributed by atoms with Gasteiger partial charge in [-0.2, -0.15) is 0 Å². The third-order valence-electron chi connectivity index (χ3n) is 6.89. The SMILES string of the molecule is C=CN(C)c1nc(-c2cc(CN3CCN(C(=O)c4ccon4)CC3)ccc2C)ccc1N(C)CC(C)(C)C. The number of hydrogen-bond donors (Lipinski definition) is 0. The summed E-state index contributed by atoms with van der Waals surface area (Å²) in [5.41, 5.74) is 6.11. The van der Waals surface area contributed by atoms with Crippen molar-refractivity contribution < 1.29 is 9.32 Å². The van der Waals surface area contributed by atoms with E-state index >= 15 is 0 Å². The van der Waals surface area contributed by atoms with Gasteiger partial charge in [0.2, 0.25) is 0 Å². The molecule has 1 amide bonds. The highest BCUT2D eigenvalue weighted by Gasteiger charge is 2.24. The highest BCUT2D eigenvalue weighted by Crippen LogP contribution is 2.33. The van der Waals surface area contributed by atoms with Crippen molar-refractivity contribution in [1.82, 2.24) is 19.9 Å². The van der Waals surface area contributed by atoms with Crippen LogP contribution in [0.15, 0.2) is 60.0 Å². The Bertz CT molecular complexity index is 1260. The van der Waals surface area contributed by atoms with Gasteiger partial charge < -0.3 is 19.2 Å². The van der Waals surface area contributed by atoms with Crippen molar-refractivity contribution in [2.75, 3.05) is 56.6 Å². The van der Waals surface area contributed by atoms with E-state index < -0.39 is 0 Å². The van der Waals surface area contributed by atoms with Crippen LogP contribution in [-0.4, -0.2) is 72.7 Å². The summed E-state index contributed by atoms with van der Waals surface area (Å²) in [5.74, 6) is 0.820. The molecule has 1 aromatic carbocycles. The van der Waals surface area contributed by atoms with Crippen LogP contribution in [0.5, 0.6) is 0 Å². The molecule has 202 valence electrons. The number of amides is 1. The number of piperazine rings is 1. The van der Waals surface area contributed by atoms with Gasteiger partial charge in [0.05, 0.1) is 11.4 Å². The second kappa shape index (κ2) is 11.4. The van der Waals surface area contributed by atoms with Gasteiger partial charge in [-0.3, -0.25) is 9.69 Å². The molecule has 0 unspecified atom stereocenters. The van der Waals surface area contributed by atoms with Crippen molar-refractivity contribution in [2.24, 2.45) is 5.41 Å². The van der Waals surface area contributed by atoms with Crippen LogP contribution in [0, 0.1) is 12.3 Å². The first-order valence-electron chi connectivity index (χ1n) is 13.2. The molecule has 0 aliphatic carbocycles. The predicted molar refractivity (Wildman–Crippen MR) is 153 cm³/mol. The number of aromatic nitrogens is 2. The first kappa shape index (κ1) is 27.4. The van der Waals surface area contributed by atoms with Crippen LogP contribution >= 0.6 is 0 Å². The highest BCUT2D eigenvalue weighted by molar-refractivity contribution is 5.92. The Labute approximate surface area is 226 Å². The standard InChI is InChI=1S/C30H40N6O2/c1-8-33(6)28-27(34(7)21-30(3,4)5)12-11-25(31-28)24-19-23(10-9-22(24)2)20-35-14-16-36(17-15-35)29(37)26-13-18-38-32-26/h8-13,18-19H,1,14-17,20-21H2,2-7H3. The number of carbonyl (C=O) groups excluding carboxylic acids is 1. The topological polar surface area (TPSA) is 69.0 Å². The van der Waals surface area contributed by atoms with Crippen molar-refractivity contribution >= 4 is 17.4 Å². The van der Waals surface area contributed by atoms with E-state index in [0.717, 1.165) is 48.9 Å². The maximum absolute atomic E-state index is 12.6. The lowest BCUT2D eigenvalue weighted by atomic mass is 9.96. The van der Waals surface area contributed by atoms with Gasteiger partial charge in [0, 0.05) is 65.0 Å². The molecule has 8 nitrogen and oxygen atoms in total. The molecule has 1 saturated heterocycles. The second-order valence-corrected chi connectivity index (χ2v) is 11.4. The predicted octanol–water partition coefficient (Wildman–Crippen LogP) is 5.07. The highest BCUT2D eigenvalue weighted by atomic mass is 16.5. The molecule has 4 rings (SSSR count). The first-order chi connectivity index (χ1) is 18.1. The Morgan fingerprint density at radius 1 is 1.11 bits per heavy atom. The van der Waals surface area contributed by atoms with Crippen molar-refractivity contribution in [3.8, 4) is 11.3 Å². The van der Waals surface area contributed by atoms with E-state index in [9.17, 15) is 4.79 Å². The van der Waals surface area contributed by atoms with E-state index in [2.05, 4.69) is 86.6 Å². The molecule has 0 radical (unpaired) electrons. The molecule has 0 spiro atoms. The van der Waals surface area contributed by atoms with E-state index in [4.69, 9.17) is 9.51 Å². The third kappa shape index (κ3) is 6.42. The normalized spacial score (nSPS) is 14.4. The number of carbonyl (C=O) groups is 1. The summed E-state index contributed by atoms with van der Waals surface area (Å²) < 4.78 is 4.82. The molecule has 0 saturated carbocycles. The molecule has 1 aliphatic heterocycles. The Kier molecular flexibility index (Phi) is 8.21. The summed E-state index contributed by atoms with van der Waals surface area (Å²) in [5, 5.41) is 3.78. The molecule has 3 aromatic rings. The van der Waals surface area contributed by atoms with Crippen LogP contribution < -0.4 is 9.80 Å². The minimum absolute atomic E-state index is 0.0704. The molecule has 0 bridgehead atoms. The zero-order valence-corrected chi connectivity index (χ0v) is 23.6. The summed E-state index contributed by atoms with van der Waals surface area (Å²) in [6, 6.07) is 12.5. The van der Waals surface area contributed by atoms with Gasteiger partial charge in [-0.1, -0.05) is 44.6 Å². The van der Waals surface area contributed by atoms with Crippen molar-refractivity contribution in [3.63, 3.8) is 0 Å². The van der Waals surface area contributed by atoms with E-state index in [1.165, 1.54) is 17.4 Å². The van der Waals surface area contributed by atoms with Gasteiger partial charge in [0.1, 0.15) is 6.26 Å². The van der Waals surface area contributed by atoms with Gasteiger partial charge in [0.25, 0.3) is 5.91 Å². The van der Waals surface area contributed by atoms with Gasteiger partial charge in [-0.05, 0) is 47.9 Å². The first-order valence-corrected chi connectivity index (χ1v) is 13.2. The number of pyridine rings is 1. The molecule has 0 N–H and O–H groups in total. The Balaban J connectivity index is 1.51. The van der Waals surface area contributed by atoms with Crippen LogP contribution in [0.1, 0.15) is 42.4 Å². The van der Waals surface area contributed by atoms with Gasteiger partial charge in [-0.15, -0.1) is 0 Å². The molecule has 8 heteroatoms. The van der Waals surface area contributed by atoms with Crippen LogP contribution in [0.4, 0.5) is 11.5 Å². The van der Waals surface area contributed by atoms with Crippen LogP contribution in [0.25, 0.3) is 11.3 Å². The summed E-state index contributed by atoms with van der Waals surface area (Å²) >= 11 is 0. The van der Waals surface area contributed by atoms with Crippen LogP contribution in [0.3, 0.4) is 0 Å². The fourth-order valence-corrected chi connectivity index (χ4v) is 4.93. The zero-order chi connectivity index (χ0) is 27.4. The minimum Gasteiger partial charge on any atom is -0.371 e. The number of benzene rings is 1. The Hall–Kier alpha value is -3.65. The summed E-state index contributed by atoms with van der Waals surface area (Å²) in [4.78, 5) is 26.1. The van der Waals surface area contributed by atoms with E-state index in [-0.39, 0.29) is 11.3 Å². The van der Waals surface area contributed by atoms with Gasteiger partial charge >= 0.3 is 0 Å². The smallest absolute Gasteiger partial charge is 0.276 e. The van der Waals surface area contributed by atoms with Crippen LogP contribution in [-0.2, 0) is 6.54 Å². The van der Waals surface area contributed by atoms with Crippen LogP contribution in [0.2, 0.25) is 0 Å². The third-order valence-corrected chi connectivity index (χ3v) is 6.89. The average Bonchev–Trinajstić information content (AvgIpc) is 3.43. The van der Waals surface area contributed by atoms with Gasteiger partial charge in [0.15, 0.2) is 11.5 Å². The molecule has 3 heterocycles. The van der Waals surface area contributed by atoms with Crippen molar-refractivity contribution in [1.29, 1.82) is 0 Å². The minimum atomic E-state index is -0.0704. The van der Waals surface area contributed by atoms with E-state index in [1.807, 2.05) is 16.8 Å². The molecule has 1 aliphatic rings. The lowest BCUT2D eigenvalue weighted by Crippen LogP contribution is -2.48. The van der Waals surface area contributed by atoms with Crippen molar-refractivity contribution in [2.45, 2.75) is 34.2 Å². The van der Waals surface area contributed by atoms with Gasteiger partial charge in [-0.25, -0.2) is 4.98 Å². The zero-order valence-electron chi connectivity index (χ0n) is 23.6. The average molecular weight is 517 g/mol. The Morgan fingerprint density at radius 2 is 1.84 bits per heavy atom.